The molecule has 0 radical (unpaired) electrons. The van der Waals surface area contributed by atoms with Crippen LogP contribution in [0, 0.1) is 0 Å². The fourth-order valence-corrected chi connectivity index (χ4v) is 3.76. The number of benzene rings is 2. The number of fused-ring (bicyclic) bond motifs is 1. The summed E-state index contributed by atoms with van der Waals surface area (Å²) in [5.74, 6) is 1.50. The number of nitrogens with zero attached hydrogens (tertiary/aromatic N) is 1. The summed E-state index contributed by atoms with van der Waals surface area (Å²) >= 11 is 0. The van der Waals surface area contributed by atoms with Crippen molar-refractivity contribution in [3.8, 4) is 5.69 Å². The lowest BCUT2D eigenvalue weighted by atomic mass is 9.91. The summed E-state index contributed by atoms with van der Waals surface area (Å²) in [5.41, 5.74) is 6.90. The van der Waals surface area contributed by atoms with Crippen LogP contribution in [0.5, 0.6) is 0 Å². The lowest BCUT2D eigenvalue weighted by Gasteiger charge is -2.16. The summed E-state index contributed by atoms with van der Waals surface area (Å²) in [6.45, 7) is 13.7. The second-order valence-electron chi connectivity index (χ2n) is 7.91. The van der Waals surface area contributed by atoms with Crippen molar-refractivity contribution in [2.24, 2.45) is 0 Å². The van der Waals surface area contributed by atoms with Gasteiger partial charge in [-0.25, -0.2) is 0 Å². The van der Waals surface area contributed by atoms with E-state index in [9.17, 15) is 0 Å². The van der Waals surface area contributed by atoms with Gasteiger partial charge in [0.2, 0.25) is 11.2 Å². The van der Waals surface area contributed by atoms with Crippen LogP contribution in [0.4, 0.5) is 0 Å². The van der Waals surface area contributed by atoms with E-state index in [0.29, 0.717) is 17.8 Å². The van der Waals surface area contributed by atoms with E-state index in [0.717, 1.165) is 0 Å². The highest BCUT2D eigenvalue weighted by atomic mass is 15.0. The van der Waals surface area contributed by atoms with Gasteiger partial charge in [0.05, 0.1) is 5.39 Å². The molecule has 3 aromatic rings. The van der Waals surface area contributed by atoms with Crippen molar-refractivity contribution in [3.05, 3.63) is 71.4 Å². The van der Waals surface area contributed by atoms with E-state index >= 15 is 0 Å². The topological polar surface area (TPSA) is 3.88 Å². The molecule has 0 N–H and O–H groups in total. The first-order valence-electron chi connectivity index (χ1n) is 9.48. The largest absolute Gasteiger partial charge is 0.218 e. The molecule has 1 heterocycles. The molecule has 130 valence electrons. The van der Waals surface area contributed by atoms with Gasteiger partial charge >= 0.3 is 0 Å². The lowest BCUT2D eigenvalue weighted by Crippen LogP contribution is -2.34. The molecule has 3 rings (SSSR count). The zero-order valence-electron chi connectivity index (χ0n) is 16.4. The molecule has 1 aromatic heterocycles. The monoisotopic (exact) mass is 332 g/mol. The summed E-state index contributed by atoms with van der Waals surface area (Å²) in [5, 5.41) is 1.35. The average Bonchev–Trinajstić information content (AvgIpc) is 2.59. The average molecular weight is 333 g/mol. The summed E-state index contributed by atoms with van der Waals surface area (Å²) < 4.78 is 2.41. The molecular formula is C24H30N+. The maximum absolute atomic E-state index is 2.41. The van der Waals surface area contributed by atoms with Crippen LogP contribution >= 0.6 is 0 Å². The van der Waals surface area contributed by atoms with Crippen LogP contribution < -0.4 is 4.57 Å². The number of aromatic nitrogens is 1. The van der Waals surface area contributed by atoms with E-state index in [2.05, 4.69) is 101 Å². The van der Waals surface area contributed by atoms with Crippen LogP contribution in [0.15, 0.2) is 54.7 Å². The van der Waals surface area contributed by atoms with E-state index in [4.69, 9.17) is 0 Å². The zero-order chi connectivity index (χ0) is 18.1. The van der Waals surface area contributed by atoms with Gasteiger partial charge in [0.1, 0.15) is 0 Å². The molecule has 1 nitrogen and oxygen atoms in total. The molecule has 0 bridgehead atoms. The summed E-state index contributed by atoms with van der Waals surface area (Å²) in [4.78, 5) is 0. The number of hydrogen-bond acceptors (Lipinski definition) is 0. The van der Waals surface area contributed by atoms with Crippen LogP contribution in [0.3, 0.4) is 0 Å². The van der Waals surface area contributed by atoms with Crippen molar-refractivity contribution in [2.45, 2.75) is 59.3 Å². The van der Waals surface area contributed by atoms with Crippen LogP contribution in [-0.4, -0.2) is 0 Å². The van der Waals surface area contributed by atoms with Crippen LogP contribution in [0.1, 0.15) is 76.0 Å². The Bertz CT molecular complexity index is 861. The molecule has 0 unspecified atom stereocenters. The molecule has 0 amide bonds. The minimum Gasteiger partial charge on any atom is -0.160 e. The van der Waals surface area contributed by atoms with Gasteiger partial charge in [0.15, 0.2) is 6.20 Å². The van der Waals surface area contributed by atoms with E-state index in [1.807, 2.05) is 0 Å². The number of pyridine rings is 1. The molecule has 0 atom stereocenters. The fourth-order valence-electron chi connectivity index (χ4n) is 3.76. The Labute approximate surface area is 152 Å². The Hall–Kier alpha value is -2.15. The third kappa shape index (κ3) is 3.20. The molecule has 0 saturated heterocycles. The van der Waals surface area contributed by atoms with Crippen molar-refractivity contribution in [1.29, 1.82) is 0 Å². The van der Waals surface area contributed by atoms with E-state index in [1.165, 1.54) is 33.3 Å². The Kier molecular flexibility index (Phi) is 4.94. The molecule has 2 aromatic carbocycles. The summed E-state index contributed by atoms with van der Waals surface area (Å²) in [7, 11) is 0. The van der Waals surface area contributed by atoms with Crippen LogP contribution in [0.2, 0.25) is 0 Å². The predicted octanol–water partition coefficient (Wildman–Crippen LogP) is 6.49. The molecular weight excluding hydrogens is 302 g/mol. The molecule has 1 heteroatoms. The SMILES string of the molecule is CC(C)c1cccc(C(C)C)c1-[n+]1cccc2c(C(C)C)cccc21. The summed E-state index contributed by atoms with van der Waals surface area (Å²) in [6.07, 6.45) is 2.22. The third-order valence-electron chi connectivity index (χ3n) is 5.08. The highest BCUT2D eigenvalue weighted by molar-refractivity contribution is 5.80. The van der Waals surface area contributed by atoms with Crippen molar-refractivity contribution in [1.82, 2.24) is 0 Å². The van der Waals surface area contributed by atoms with Crippen molar-refractivity contribution < 1.29 is 4.57 Å². The van der Waals surface area contributed by atoms with Gasteiger partial charge in [0.25, 0.3) is 0 Å². The Morgan fingerprint density at radius 3 is 1.68 bits per heavy atom. The van der Waals surface area contributed by atoms with E-state index in [1.54, 1.807) is 0 Å². The van der Waals surface area contributed by atoms with Crippen molar-refractivity contribution >= 4 is 10.9 Å². The van der Waals surface area contributed by atoms with E-state index in [-0.39, 0.29) is 0 Å². The second-order valence-corrected chi connectivity index (χ2v) is 7.91. The van der Waals surface area contributed by atoms with Crippen molar-refractivity contribution in [2.75, 3.05) is 0 Å². The first-order chi connectivity index (χ1) is 11.9. The maximum atomic E-state index is 2.41. The zero-order valence-corrected chi connectivity index (χ0v) is 16.4. The van der Waals surface area contributed by atoms with Gasteiger partial charge in [-0.1, -0.05) is 71.9 Å². The number of para-hydroxylation sites is 1. The molecule has 0 aliphatic rings. The standard InChI is InChI=1S/C24H30N/c1-16(2)19-10-8-14-23-22(19)13-9-15-25(23)24-20(17(3)4)11-7-12-21(24)18(5)6/h7-18H,1-6H3/q+1. The molecule has 0 fully saturated rings. The maximum Gasteiger partial charge on any atom is 0.218 e. The van der Waals surface area contributed by atoms with Crippen molar-refractivity contribution in [3.63, 3.8) is 0 Å². The number of rotatable bonds is 4. The molecule has 0 aliphatic carbocycles. The Morgan fingerprint density at radius 1 is 0.600 bits per heavy atom. The third-order valence-corrected chi connectivity index (χ3v) is 5.08. The quantitative estimate of drug-likeness (QED) is 0.481. The van der Waals surface area contributed by atoms with Crippen LogP contribution in [0.25, 0.3) is 16.6 Å². The first-order valence-corrected chi connectivity index (χ1v) is 9.48. The van der Waals surface area contributed by atoms with Gasteiger partial charge in [-0.05, 0) is 29.4 Å². The predicted molar refractivity (Wildman–Crippen MR) is 108 cm³/mol. The van der Waals surface area contributed by atoms with Gasteiger partial charge < -0.3 is 0 Å². The molecule has 0 saturated carbocycles. The second kappa shape index (κ2) is 7.00. The summed E-state index contributed by atoms with van der Waals surface area (Å²) in [6, 6.07) is 17.9. The van der Waals surface area contributed by atoms with E-state index < -0.39 is 0 Å². The highest BCUT2D eigenvalue weighted by Gasteiger charge is 2.24. The highest BCUT2D eigenvalue weighted by Crippen LogP contribution is 2.30. The van der Waals surface area contributed by atoms with Gasteiger partial charge in [0, 0.05) is 23.3 Å². The molecule has 0 spiro atoms. The minimum atomic E-state index is 0.490. The smallest absolute Gasteiger partial charge is 0.160 e. The van der Waals surface area contributed by atoms with Crippen LogP contribution in [-0.2, 0) is 0 Å². The Balaban J connectivity index is 2.40. The Morgan fingerprint density at radius 2 is 1.12 bits per heavy atom. The number of hydrogen-bond donors (Lipinski definition) is 0. The molecule has 25 heavy (non-hydrogen) atoms. The minimum absolute atomic E-state index is 0.490. The first kappa shape index (κ1) is 17.7. The van der Waals surface area contributed by atoms with Gasteiger partial charge in [-0.2, -0.15) is 4.57 Å². The molecule has 0 aliphatic heterocycles. The van der Waals surface area contributed by atoms with Gasteiger partial charge in [-0.15, -0.1) is 0 Å². The fraction of sp³-hybridized carbons (Fsp3) is 0.375. The normalized spacial score (nSPS) is 11.9. The van der Waals surface area contributed by atoms with Gasteiger partial charge in [-0.3, -0.25) is 0 Å². The lowest BCUT2D eigenvalue weighted by molar-refractivity contribution is -0.568.